The van der Waals surface area contributed by atoms with Crippen molar-refractivity contribution < 1.29 is 4.74 Å². The van der Waals surface area contributed by atoms with Gasteiger partial charge in [0.05, 0.1) is 12.8 Å². The number of ether oxygens (including phenoxy) is 1. The molecule has 1 aromatic carbocycles. The summed E-state index contributed by atoms with van der Waals surface area (Å²) in [6.07, 6.45) is 2.33. The van der Waals surface area contributed by atoms with E-state index in [0.717, 1.165) is 35.1 Å². The van der Waals surface area contributed by atoms with Gasteiger partial charge in [-0.05, 0) is 44.9 Å². The van der Waals surface area contributed by atoms with Crippen molar-refractivity contribution in [3.05, 3.63) is 22.7 Å². The second-order valence-electron chi connectivity index (χ2n) is 5.59. The Hall–Kier alpha value is -0.930. The normalized spacial score (nSPS) is 22.9. The van der Waals surface area contributed by atoms with E-state index in [9.17, 15) is 0 Å². The maximum Gasteiger partial charge on any atom is 0.143 e. The molecule has 1 saturated heterocycles. The molecule has 0 bridgehead atoms. The highest BCUT2D eigenvalue weighted by Crippen LogP contribution is 2.36. The highest BCUT2D eigenvalue weighted by Gasteiger charge is 2.27. The van der Waals surface area contributed by atoms with Crippen molar-refractivity contribution >= 4 is 17.3 Å². The van der Waals surface area contributed by atoms with Gasteiger partial charge in [0.1, 0.15) is 5.75 Å². The van der Waals surface area contributed by atoms with Gasteiger partial charge in [-0.1, -0.05) is 18.5 Å². The predicted molar refractivity (Wildman–Crippen MR) is 86.2 cm³/mol. The van der Waals surface area contributed by atoms with Gasteiger partial charge < -0.3 is 15.0 Å². The van der Waals surface area contributed by atoms with Crippen molar-refractivity contribution in [2.24, 2.45) is 0 Å². The maximum absolute atomic E-state index is 6.20. The number of halogens is 1. The Bertz CT molecular complexity index is 464. The van der Waals surface area contributed by atoms with Gasteiger partial charge in [0.15, 0.2) is 0 Å². The summed E-state index contributed by atoms with van der Waals surface area (Å²) in [4.78, 5) is 2.44. The summed E-state index contributed by atoms with van der Waals surface area (Å²) in [7, 11) is 1.71. The molecule has 1 heterocycles. The van der Waals surface area contributed by atoms with Crippen LogP contribution in [-0.2, 0) is 0 Å². The van der Waals surface area contributed by atoms with E-state index < -0.39 is 0 Å². The van der Waals surface area contributed by atoms with Gasteiger partial charge in [-0.2, -0.15) is 0 Å². The molecule has 3 nitrogen and oxygen atoms in total. The van der Waals surface area contributed by atoms with Crippen molar-refractivity contribution in [3.8, 4) is 5.75 Å². The number of hydrogen-bond donors (Lipinski definition) is 1. The van der Waals surface area contributed by atoms with Gasteiger partial charge in [0.2, 0.25) is 0 Å². The average molecular weight is 297 g/mol. The van der Waals surface area contributed by atoms with E-state index >= 15 is 0 Å². The first-order valence-corrected chi connectivity index (χ1v) is 7.78. The summed E-state index contributed by atoms with van der Waals surface area (Å²) < 4.78 is 5.52. The Kier molecular flexibility index (Phi) is 5.17. The number of hydrogen-bond acceptors (Lipinski definition) is 3. The third-order valence-electron chi connectivity index (χ3n) is 4.14. The summed E-state index contributed by atoms with van der Waals surface area (Å²) in [5, 5.41) is 4.32. The van der Waals surface area contributed by atoms with Crippen LogP contribution in [0.25, 0.3) is 0 Å². The molecular weight excluding hydrogens is 272 g/mol. The minimum absolute atomic E-state index is 0.502. The molecule has 20 heavy (non-hydrogen) atoms. The Morgan fingerprint density at radius 2 is 2.20 bits per heavy atom. The maximum atomic E-state index is 6.20. The van der Waals surface area contributed by atoms with Gasteiger partial charge in [-0.3, -0.25) is 0 Å². The first-order chi connectivity index (χ1) is 9.56. The number of nitrogens with one attached hydrogen (secondary N) is 1. The minimum atomic E-state index is 0.502. The van der Waals surface area contributed by atoms with E-state index in [1.165, 1.54) is 12.8 Å². The molecular formula is C16H25ClN2O. The summed E-state index contributed by atoms with van der Waals surface area (Å²) >= 11 is 6.20. The highest BCUT2D eigenvalue weighted by molar-refractivity contribution is 6.31. The molecule has 0 radical (unpaired) electrons. The zero-order chi connectivity index (χ0) is 14.7. The minimum Gasteiger partial charge on any atom is -0.495 e. The molecule has 2 rings (SSSR count). The molecule has 0 spiro atoms. The van der Waals surface area contributed by atoms with E-state index in [0.29, 0.717) is 12.1 Å². The second-order valence-corrected chi connectivity index (χ2v) is 6.00. The van der Waals surface area contributed by atoms with Crippen molar-refractivity contribution in [3.63, 3.8) is 0 Å². The van der Waals surface area contributed by atoms with Crippen LogP contribution < -0.4 is 15.0 Å². The fraction of sp³-hybridized carbons (Fsp3) is 0.625. The van der Waals surface area contributed by atoms with Crippen LogP contribution in [-0.4, -0.2) is 32.3 Å². The lowest BCUT2D eigenvalue weighted by Gasteiger charge is -2.40. The zero-order valence-electron chi connectivity index (χ0n) is 12.9. The van der Waals surface area contributed by atoms with Crippen LogP contribution >= 0.6 is 11.6 Å². The standard InChI is InChI=1S/C16H25ClN2O/c1-5-18-13-6-7-19(12(3)9-13)15-8-11(2)14(17)10-16(15)20-4/h8,10,12-13,18H,5-7,9H2,1-4H3. The molecule has 1 aliphatic heterocycles. The van der Waals surface area contributed by atoms with Crippen LogP contribution in [0.2, 0.25) is 5.02 Å². The topological polar surface area (TPSA) is 24.5 Å². The Labute approximate surface area is 127 Å². The van der Waals surface area contributed by atoms with Crippen LogP contribution in [0.1, 0.15) is 32.3 Å². The fourth-order valence-corrected chi connectivity index (χ4v) is 3.19. The number of methoxy groups -OCH3 is 1. The lowest BCUT2D eigenvalue weighted by Crippen LogP contribution is -2.47. The van der Waals surface area contributed by atoms with Crippen LogP contribution in [0, 0.1) is 6.92 Å². The smallest absolute Gasteiger partial charge is 0.143 e. The fourth-order valence-electron chi connectivity index (χ4n) is 3.04. The summed E-state index contributed by atoms with van der Waals surface area (Å²) in [6, 6.07) is 5.20. The van der Waals surface area contributed by atoms with Gasteiger partial charge in [0.25, 0.3) is 0 Å². The van der Waals surface area contributed by atoms with Crippen molar-refractivity contribution in [2.45, 2.75) is 45.7 Å². The average Bonchev–Trinajstić information content (AvgIpc) is 2.42. The second kappa shape index (κ2) is 6.68. The SMILES string of the molecule is CCNC1CCN(c2cc(C)c(Cl)cc2OC)C(C)C1. The highest BCUT2D eigenvalue weighted by atomic mass is 35.5. The van der Waals surface area contributed by atoms with E-state index in [1.807, 2.05) is 13.0 Å². The molecule has 2 unspecified atom stereocenters. The third kappa shape index (κ3) is 3.21. The van der Waals surface area contributed by atoms with Crippen LogP contribution in [0.4, 0.5) is 5.69 Å². The molecule has 0 saturated carbocycles. The first-order valence-electron chi connectivity index (χ1n) is 7.41. The zero-order valence-corrected chi connectivity index (χ0v) is 13.6. The van der Waals surface area contributed by atoms with Crippen LogP contribution in [0.3, 0.4) is 0 Å². The molecule has 4 heteroatoms. The molecule has 0 aromatic heterocycles. The lowest BCUT2D eigenvalue weighted by atomic mass is 9.97. The number of rotatable bonds is 4. The van der Waals surface area contributed by atoms with E-state index in [1.54, 1.807) is 7.11 Å². The largest absolute Gasteiger partial charge is 0.495 e. The number of nitrogens with zero attached hydrogens (tertiary/aromatic N) is 1. The van der Waals surface area contributed by atoms with Crippen LogP contribution in [0.5, 0.6) is 5.75 Å². The molecule has 0 aliphatic carbocycles. The molecule has 112 valence electrons. The van der Waals surface area contributed by atoms with Gasteiger partial charge in [0, 0.05) is 29.7 Å². The quantitative estimate of drug-likeness (QED) is 0.918. The molecule has 1 fully saturated rings. The lowest BCUT2D eigenvalue weighted by molar-refractivity contribution is 0.366. The summed E-state index contributed by atoms with van der Waals surface area (Å²) in [5.74, 6) is 0.870. The van der Waals surface area contributed by atoms with E-state index in [-0.39, 0.29) is 0 Å². The van der Waals surface area contributed by atoms with Gasteiger partial charge in [-0.15, -0.1) is 0 Å². The van der Waals surface area contributed by atoms with Crippen molar-refractivity contribution in [2.75, 3.05) is 25.1 Å². The first kappa shape index (κ1) is 15.5. The molecule has 1 aliphatic rings. The number of anilines is 1. The molecule has 2 atom stereocenters. The Balaban J connectivity index is 2.22. The molecule has 1 N–H and O–H groups in total. The monoisotopic (exact) mass is 296 g/mol. The number of benzene rings is 1. The van der Waals surface area contributed by atoms with Crippen molar-refractivity contribution in [1.82, 2.24) is 5.32 Å². The third-order valence-corrected chi connectivity index (χ3v) is 4.55. The van der Waals surface area contributed by atoms with Crippen LogP contribution in [0.15, 0.2) is 12.1 Å². The van der Waals surface area contributed by atoms with Gasteiger partial charge >= 0.3 is 0 Å². The number of aryl methyl sites for hydroxylation is 1. The molecule has 0 amide bonds. The van der Waals surface area contributed by atoms with Gasteiger partial charge in [-0.25, -0.2) is 0 Å². The predicted octanol–water partition coefficient (Wildman–Crippen LogP) is 3.62. The summed E-state index contributed by atoms with van der Waals surface area (Å²) in [5.41, 5.74) is 2.26. The van der Waals surface area contributed by atoms with E-state index in [4.69, 9.17) is 16.3 Å². The molecule has 1 aromatic rings. The summed E-state index contributed by atoms with van der Waals surface area (Å²) in [6.45, 7) is 8.59. The number of piperidine rings is 1. The Morgan fingerprint density at radius 1 is 1.45 bits per heavy atom. The Morgan fingerprint density at radius 3 is 2.80 bits per heavy atom. The van der Waals surface area contributed by atoms with Crippen molar-refractivity contribution in [1.29, 1.82) is 0 Å². The van der Waals surface area contributed by atoms with E-state index in [2.05, 4.69) is 30.1 Å².